The number of halogens is 1. The van der Waals surface area contributed by atoms with Gasteiger partial charge < -0.3 is 9.11 Å². The summed E-state index contributed by atoms with van der Waals surface area (Å²) in [5, 5.41) is 8.64. The highest BCUT2D eigenvalue weighted by Gasteiger charge is 2.12. The first kappa shape index (κ1) is 20.8. The maximum atomic E-state index is 11.0. The highest BCUT2D eigenvalue weighted by atomic mass is 35.5. The Hall–Kier alpha value is -2.55. The second kappa shape index (κ2) is 7.99. The summed E-state index contributed by atoms with van der Waals surface area (Å²) < 4.78 is 66.1. The number of hydrogen-bond donors (Lipinski definition) is 0. The van der Waals surface area contributed by atoms with E-state index in [1.165, 1.54) is 24.3 Å². The first-order valence-electron chi connectivity index (χ1n) is 7.08. The zero-order valence-corrected chi connectivity index (χ0v) is 15.7. The second-order valence-corrected chi connectivity index (χ2v) is 8.23. The second-order valence-electron chi connectivity index (χ2n) is 5.10. The van der Waals surface area contributed by atoms with Crippen molar-refractivity contribution in [3.8, 4) is 0 Å². The highest BCUT2D eigenvalue weighted by Crippen LogP contribution is 2.27. The van der Waals surface area contributed by atoms with Crippen LogP contribution in [-0.4, -0.2) is 25.9 Å². The number of rotatable bonds is 2. The third kappa shape index (κ3) is 5.22. The fourth-order valence-corrected chi connectivity index (χ4v) is 3.80. The van der Waals surface area contributed by atoms with E-state index in [2.05, 4.69) is 4.98 Å². The van der Waals surface area contributed by atoms with Gasteiger partial charge in [-0.05, 0) is 18.2 Å². The van der Waals surface area contributed by atoms with Crippen molar-refractivity contribution in [3.63, 3.8) is 0 Å². The minimum absolute atomic E-state index is 0.0792. The van der Waals surface area contributed by atoms with E-state index in [4.69, 9.17) is 17.0 Å². The number of fused-ring (bicyclic) bond motifs is 1. The van der Waals surface area contributed by atoms with Gasteiger partial charge in [0.1, 0.15) is 20.2 Å². The lowest BCUT2D eigenvalue weighted by molar-refractivity contribution is 0.461. The summed E-state index contributed by atoms with van der Waals surface area (Å²) in [6, 6.07) is 13.8. The molecule has 0 aliphatic rings. The maximum Gasteiger partial charge on any atom is 0.386 e. The van der Waals surface area contributed by atoms with Crippen molar-refractivity contribution in [1.82, 2.24) is 0 Å². The maximum absolute atomic E-state index is 11.0. The first-order valence-corrected chi connectivity index (χ1v) is 10.3. The predicted octanol–water partition coefficient (Wildman–Crippen LogP) is 3.47. The Labute approximate surface area is 160 Å². The Balaban J connectivity index is 0.000000244. The number of diazo groups is 1. The quantitative estimate of drug-likeness (QED) is 0.451. The Kier molecular flexibility index (Phi) is 6.15. The van der Waals surface area contributed by atoms with Gasteiger partial charge in [0.25, 0.3) is 0 Å². The summed E-state index contributed by atoms with van der Waals surface area (Å²) in [4.78, 5) is 1.85. The molecule has 0 unspecified atom stereocenters. The van der Waals surface area contributed by atoms with E-state index >= 15 is 0 Å². The van der Waals surface area contributed by atoms with E-state index in [1.807, 2.05) is 0 Å². The molecule has 0 heterocycles. The molecule has 11 heteroatoms. The van der Waals surface area contributed by atoms with Crippen molar-refractivity contribution in [2.45, 2.75) is 9.79 Å². The van der Waals surface area contributed by atoms with Crippen LogP contribution in [0.5, 0.6) is 0 Å². The van der Waals surface area contributed by atoms with Gasteiger partial charge in [-0.15, -0.1) is 0 Å². The fourth-order valence-electron chi connectivity index (χ4n) is 2.23. The molecule has 0 amide bonds. The molecule has 0 saturated carbocycles. The molecule has 0 fully saturated rings. The molecule has 3 aromatic rings. The van der Waals surface area contributed by atoms with Crippen LogP contribution in [0.1, 0.15) is 0 Å². The summed E-state index contributed by atoms with van der Waals surface area (Å²) in [6.45, 7) is 0. The largest absolute Gasteiger partial charge is 0.744 e. The van der Waals surface area contributed by atoms with E-state index < -0.39 is 30.0 Å². The fraction of sp³-hybridized carbons (Fsp3) is 0. The molecular weight excluding hydrogens is 416 g/mol. The molecule has 140 valence electrons. The monoisotopic (exact) mass is 425 g/mol. The topological polar surface area (TPSA) is 143 Å². The minimum Gasteiger partial charge on any atom is -0.744 e. The molecular formula is C16H10ClN2O6S2-. The molecule has 0 aliphatic carbocycles. The van der Waals surface area contributed by atoms with E-state index in [-0.39, 0.29) is 10.8 Å². The molecule has 3 rings (SSSR count). The van der Waals surface area contributed by atoms with Gasteiger partial charge in [0, 0.05) is 21.9 Å². The van der Waals surface area contributed by atoms with Crippen LogP contribution in [-0.2, 0) is 20.2 Å². The van der Waals surface area contributed by atoms with Crippen molar-refractivity contribution in [3.05, 3.63) is 70.7 Å². The summed E-state index contributed by atoms with van der Waals surface area (Å²) >= 11 is 5.55. The standard InChI is InChI=1S/C10H8O6S2.C6H4ClN2/c11-17(12,13)9-5-1-3-7-8(9)4-2-6-10(7)18(14,15)16;7-5-2-1-3-6(4-5)9-8/h1-6H,(H,11,12,13)(H,14,15,16);1-4H/q;+1/p-2. The van der Waals surface area contributed by atoms with Gasteiger partial charge in [-0.3, -0.25) is 0 Å². The van der Waals surface area contributed by atoms with Crippen LogP contribution in [0, 0.1) is 5.39 Å². The van der Waals surface area contributed by atoms with Crippen LogP contribution in [0.3, 0.4) is 0 Å². The van der Waals surface area contributed by atoms with Gasteiger partial charge >= 0.3 is 5.69 Å². The van der Waals surface area contributed by atoms with E-state index in [0.717, 1.165) is 12.1 Å². The Morgan fingerprint density at radius 3 is 1.56 bits per heavy atom. The predicted molar refractivity (Wildman–Crippen MR) is 96.1 cm³/mol. The van der Waals surface area contributed by atoms with Gasteiger partial charge in [0.2, 0.25) is 5.39 Å². The Morgan fingerprint density at radius 2 is 1.22 bits per heavy atom. The Morgan fingerprint density at radius 1 is 0.778 bits per heavy atom. The lowest BCUT2D eigenvalue weighted by Crippen LogP contribution is -2.03. The van der Waals surface area contributed by atoms with Crippen LogP contribution in [0.2, 0.25) is 5.02 Å². The van der Waals surface area contributed by atoms with Crippen molar-refractivity contribution in [1.29, 1.82) is 5.39 Å². The molecule has 3 aromatic carbocycles. The van der Waals surface area contributed by atoms with Crippen LogP contribution in [0.25, 0.3) is 15.7 Å². The summed E-state index contributed by atoms with van der Waals surface area (Å²) in [5.74, 6) is 0. The van der Waals surface area contributed by atoms with Crippen molar-refractivity contribution in [2.75, 3.05) is 0 Å². The van der Waals surface area contributed by atoms with Crippen molar-refractivity contribution >= 4 is 48.3 Å². The molecule has 0 aromatic heterocycles. The molecule has 27 heavy (non-hydrogen) atoms. The van der Waals surface area contributed by atoms with Gasteiger partial charge in [-0.2, -0.15) is 0 Å². The number of nitrogens with zero attached hydrogens (tertiary/aromatic N) is 2. The summed E-state index contributed by atoms with van der Waals surface area (Å²) in [5.41, 5.74) is 0.475. The molecule has 0 spiro atoms. The van der Waals surface area contributed by atoms with Gasteiger partial charge in [0.15, 0.2) is 4.98 Å². The molecule has 0 aliphatic heterocycles. The minimum atomic E-state index is -4.74. The lowest BCUT2D eigenvalue weighted by atomic mass is 10.1. The van der Waals surface area contributed by atoms with Crippen molar-refractivity contribution in [2.24, 2.45) is 0 Å². The van der Waals surface area contributed by atoms with Crippen molar-refractivity contribution < 1.29 is 25.9 Å². The Bertz CT molecular complexity index is 1180. The summed E-state index contributed by atoms with van der Waals surface area (Å²) in [7, 11) is -9.48. The van der Waals surface area contributed by atoms with Crippen LogP contribution < -0.4 is 0 Å². The molecule has 0 N–H and O–H groups in total. The average Bonchev–Trinajstić information content (AvgIpc) is 2.59. The SMILES string of the molecule is N#[N+]c1cccc(Cl)c1.O=S(=O)([O-])c1cccc2c(S(=O)(=O)[O-])cccc12. The summed E-state index contributed by atoms with van der Waals surface area (Å²) in [6.07, 6.45) is 0. The zero-order valence-electron chi connectivity index (χ0n) is 13.3. The van der Waals surface area contributed by atoms with Crippen LogP contribution in [0.15, 0.2) is 70.5 Å². The zero-order chi connectivity index (χ0) is 20.2. The lowest BCUT2D eigenvalue weighted by Gasteiger charge is -2.14. The van der Waals surface area contributed by atoms with Crippen LogP contribution >= 0.6 is 11.6 Å². The third-order valence-corrected chi connectivity index (χ3v) is 5.33. The van der Waals surface area contributed by atoms with E-state index in [9.17, 15) is 25.9 Å². The smallest absolute Gasteiger partial charge is 0.386 e. The molecule has 0 bridgehead atoms. The van der Waals surface area contributed by atoms with Gasteiger partial charge in [0.05, 0.1) is 15.9 Å². The average molecular weight is 426 g/mol. The molecule has 0 atom stereocenters. The number of hydrogen-bond acceptors (Lipinski definition) is 7. The molecule has 0 saturated heterocycles. The third-order valence-electron chi connectivity index (χ3n) is 3.30. The molecule has 8 nitrogen and oxygen atoms in total. The molecule has 0 radical (unpaired) electrons. The first-order chi connectivity index (χ1) is 12.5. The van der Waals surface area contributed by atoms with Crippen LogP contribution in [0.4, 0.5) is 5.69 Å². The number of benzene rings is 3. The normalized spacial score (nSPS) is 11.3. The van der Waals surface area contributed by atoms with Gasteiger partial charge in [-0.1, -0.05) is 41.9 Å². The van der Waals surface area contributed by atoms with Gasteiger partial charge in [-0.25, -0.2) is 16.8 Å². The van der Waals surface area contributed by atoms with E-state index in [0.29, 0.717) is 10.7 Å². The van der Waals surface area contributed by atoms with E-state index in [1.54, 1.807) is 24.3 Å². The highest BCUT2D eigenvalue weighted by molar-refractivity contribution is 7.86.